The van der Waals surface area contributed by atoms with Crippen LogP contribution in [-0.2, 0) is 16.0 Å². The third-order valence-corrected chi connectivity index (χ3v) is 8.50. The van der Waals surface area contributed by atoms with E-state index in [0.717, 1.165) is 27.8 Å². The zero-order valence-electron chi connectivity index (χ0n) is 20.9. The lowest BCUT2D eigenvalue weighted by molar-refractivity contribution is -0.131. The number of amides is 1. The number of primary amides is 1. The highest BCUT2D eigenvalue weighted by Crippen LogP contribution is 2.58. The van der Waals surface area contributed by atoms with Gasteiger partial charge in [-0.3, -0.25) is 9.59 Å². The zero-order chi connectivity index (χ0) is 26.1. The van der Waals surface area contributed by atoms with Gasteiger partial charge in [0.2, 0.25) is 0 Å². The summed E-state index contributed by atoms with van der Waals surface area (Å²) in [5, 5.41) is 22.5. The van der Waals surface area contributed by atoms with Gasteiger partial charge in [0.25, 0.3) is 5.91 Å². The molecule has 184 valence electrons. The van der Waals surface area contributed by atoms with E-state index >= 15 is 0 Å². The largest absolute Gasteiger partial charge is 0.511 e. The number of hydrogen-bond acceptors (Lipinski definition) is 4. The van der Waals surface area contributed by atoms with Crippen LogP contribution < -0.4 is 5.73 Å². The van der Waals surface area contributed by atoms with Crippen LogP contribution in [0, 0.1) is 17.3 Å². The quantitative estimate of drug-likeness (QED) is 0.476. The molecule has 0 saturated carbocycles. The van der Waals surface area contributed by atoms with Crippen molar-refractivity contribution in [3.63, 3.8) is 0 Å². The maximum Gasteiger partial charge on any atom is 0.252 e. The van der Waals surface area contributed by atoms with Gasteiger partial charge in [0.15, 0.2) is 5.78 Å². The Bertz CT molecular complexity index is 1460. The second kappa shape index (κ2) is 8.09. The number of allylic oxidation sites excluding steroid dienone is 5. The average molecular weight is 482 g/mol. The molecule has 3 aliphatic rings. The third-order valence-electron chi connectivity index (χ3n) is 8.50. The van der Waals surface area contributed by atoms with Gasteiger partial charge in [-0.2, -0.15) is 0 Å². The Morgan fingerprint density at radius 1 is 1.17 bits per heavy atom. The lowest BCUT2D eigenvalue weighted by atomic mass is 9.54. The monoisotopic (exact) mass is 481 g/mol. The van der Waals surface area contributed by atoms with E-state index in [1.165, 1.54) is 0 Å². The van der Waals surface area contributed by atoms with Gasteiger partial charge in [0.1, 0.15) is 11.5 Å². The summed E-state index contributed by atoms with van der Waals surface area (Å²) in [6.07, 6.45) is 1.77. The molecule has 3 aliphatic carbocycles. The Kier molecular flexibility index (Phi) is 5.36. The van der Waals surface area contributed by atoms with E-state index in [4.69, 9.17) is 5.73 Å². The van der Waals surface area contributed by atoms with E-state index in [1.54, 1.807) is 19.9 Å². The summed E-state index contributed by atoms with van der Waals surface area (Å²) in [7, 11) is 0. The van der Waals surface area contributed by atoms with Gasteiger partial charge in [0.05, 0.1) is 11.0 Å². The number of phenolic OH excluding ortho intramolecular Hbond substituents is 1. The minimum atomic E-state index is -1.25. The topological polar surface area (TPSA) is 101 Å². The molecule has 5 nitrogen and oxygen atoms in total. The summed E-state index contributed by atoms with van der Waals surface area (Å²) < 4.78 is 0. The number of nitrogens with two attached hydrogens (primary N) is 1. The van der Waals surface area contributed by atoms with E-state index in [1.807, 2.05) is 31.2 Å². The van der Waals surface area contributed by atoms with E-state index in [2.05, 4.69) is 19.2 Å². The molecule has 5 heteroatoms. The van der Waals surface area contributed by atoms with Crippen LogP contribution in [0.15, 0.2) is 72.0 Å². The Morgan fingerprint density at radius 3 is 2.56 bits per heavy atom. The van der Waals surface area contributed by atoms with E-state index in [0.29, 0.717) is 41.5 Å². The predicted octanol–water partition coefficient (Wildman–Crippen LogP) is 5.89. The molecule has 36 heavy (non-hydrogen) atoms. The minimum absolute atomic E-state index is 0.0105. The van der Waals surface area contributed by atoms with Gasteiger partial charge >= 0.3 is 0 Å². The molecular weight excluding hydrogens is 450 g/mol. The Labute approximate surface area is 211 Å². The van der Waals surface area contributed by atoms with Crippen molar-refractivity contribution in [3.05, 3.63) is 88.7 Å². The van der Waals surface area contributed by atoms with Crippen LogP contribution >= 0.6 is 0 Å². The smallest absolute Gasteiger partial charge is 0.252 e. The van der Waals surface area contributed by atoms with Crippen LogP contribution in [0.5, 0.6) is 5.75 Å². The lowest BCUT2D eigenvalue weighted by Crippen LogP contribution is -2.49. The molecule has 1 unspecified atom stereocenters. The first-order valence-electron chi connectivity index (χ1n) is 12.3. The molecular formula is C31H31NO4. The fourth-order valence-corrected chi connectivity index (χ4v) is 6.55. The molecule has 0 heterocycles. The number of benzene rings is 2. The molecule has 0 saturated heterocycles. The molecule has 0 aromatic heterocycles. The number of rotatable bonds is 3. The van der Waals surface area contributed by atoms with Crippen molar-refractivity contribution in [2.24, 2.45) is 23.0 Å². The first kappa shape index (κ1) is 23.9. The minimum Gasteiger partial charge on any atom is -0.511 e. The fraction of sp³-hybridized carbons (Fsp3) is 0.290. The summed E-state index contributed by atoms with van der Waals surface area (Å²) in [5.74, 6) is -1.38. The first-order valence-corrected chi connectivity index (χ1v) is 12.3. The van der Waals surface area contributed by atoms with Crippen LogP contribution in [0.4, 0.5) is 0 Å². The van der Waals surface area contributed by atoms with Gasteiger partial charge in [-0.05, 0) is 91.8 Å². The van der Waals surface area contributed by atoms with Gasteiger partial charge in [-0.25, -0.2) is 0 Å². The predicted molar refractivity (Wildman–Crippen MR) is 142 cm³/mol. The average Bonchev–Trinajstić information content (AvgIpc) is 2.81. The number of carbonyl (C=O) groups excluding carboxylic acids is 2. The Morgan fingerprint density at radius 2 is 1.89 bits per heavy atom. The number of aliphatic hydroxyl groups excluding tert-OH is 1. The number of phenols is 1. The third kappa shape index (κ3) is 3.22. The SMILES string of the molecule is C=C(C)c1cccc(-c2ccc(O)c3c2CC2C[C@H]4CC(C)=C(C(N)=O)C(=O)[C@@]4(C)C(O)=C2C3=C)c1. The number of ketones is 1. The van der Waals surface area contributed by atoms with Crippen LogP contribution in [0.3, 0.4) is 0 Å². The molecule has 4 N–H and O–H groups in total. The normalized spacial score (nSPS) is 25.3. The molecule has 0 bridgehead atoms. The van der Waals surface area contributed by atoms with E-state index in [-0.39, 0.29) is 28.9 Å². The Hall–Kier alpha value is -3.86. The molecule has 5 rings (SSSR count). The van der Waals surface area contributed by atoms with E-state index < -0.39 is 17.1 Å². The second-order valence-electron chi connectivity index (χ2n) is 10.7. The molecule has 0 spiro atoms. The first-order chi connectivity index (χ1) is 17.0. The summed E-state index contributed by atoms with van der Waals surface area (Å²) in [4.78, 5) is 25.6. The van der Waals surface area contributed by atoms with Gasteiger partial charge in [0, 0.05) is 11.1 Å². The van der Waals surface area contributed by atoms with Crippen molar-refractivity contribution in [2.45, 2.75) is 40.0 Å². The van der Waals surface area contributed by atoms with Crippen molar-refractivity contribution in [1.29, 1.82) is 0 Å². The molecule has 0 fully saturated rings. The number of hydrogen-bond donors (Lipinski definition) is 3. The summed E-state index contributed by atoms with van der Waals surface area (Å²) >= 11 is 0. The molecule has 1 amide bonds. The summed E-state index contributed by atoms with van der Waals surface area (Å²) in [6, 6.07) is 11.7. The molecule has 2 aromatic carbocycles. The van der Waals surface area contributed by atoms with Crippen LogP contribution in [0.25, 0.3) is 22.3 Å². The van der Waals surface area contributed by atoms with Crippen molar-refractivity contribution in [2.75, 3.05) is 0 Å². The van der Waals surface area contributed by atoms with Crippen LogP contribution in [-0.4, -0.2) is 21.9 Å². The van der Waals surface area contributed by atoms with Crippen molar-refractivity contribution < 1.29 is 19.8 Å². The maximum absolute atomic E-state index is 13.5. The number of Topliss-reactive ketones (excluding diaryl/α,β-unsaturated/α-hetero) is 1. The highest BCUT2D eigenvalue weighted by atomic mass is 16.3. The maximum atomic E-state index is 13.5. The number of aliphatic hydroxyl groups is 1. The van der Waals surface area contributed by atoms with E-state index in [9.17, 15) is 19.8 Å². The standard InChI is InChI=1S/C31H31NO4/c1-15(2)18-7-6-8-19(12-18)22-9-10-24(33)27-17(4)26-20(14-23(22)27)13-21-11-16(3)25(30(32)36)28(34)31(21,5)29(26)35/h6-10,12,20-21,33,35H,1,4,11,13-14H2,2-3,5H3,(H2,32,36)/t20?,21-,31+/m1/s1. The zero-order valence-corrected chi connectivity index (χ0v) is 20.9. The summed E-state index contributed by atoms with van der Waals surface area (Å²) in [6.45, 7) is 13.8. The Balaban J connectivity index is 1.68. The molecule has 0 aliphatic heterocycles. The molecule has 2 aromatic rings. The van der Waals surface area contributed by atoms with Crippen LogP contribution in [0.2, 0.25) is 0 Å². The number of fused-ring (bicyclic) bond motifs is 3. The van der Waals surface area contributed by atoms with Gasteiger partial charge < -0.3 is 15.9 Å². The number of aromatic hydroxyl groups is 1. The molecule has 0 radical (unpaired) electrons. The second-order valence-corrected chi connectivity index (χ2v) is 10.7. The van der Waals surface area contributed by atoms with Crippen molar-refractivity contribution in [3.8, 4) is 16.9 Å². The van der Waals surface area contributed by atoms with Gasteiger partial charge in [-0.15, -0.1) is 0 Å². The summed E-state index contributed by atoms with van der Waals surface area (Å²) in [5.41, 5.74) is 11.7. The van der Waals surface area contributed by atoms with Gasteiger partial charge in [-0.1, -0.05) is 48.6 Å². The van der Waals surface area contributed by atoms with Crippen molar-refractivity contribution in [1.82, 2.24) is 0 Å². The fourth-order valence-electron chi connectivity index (χ4n) is 6.55. The molecule has 3 atom stereocenters. The van der Waals surface area contributed by atoms with Crippen molar-refractivity contribution >= 4 is 22.8 Å². The number of carbonyl (C=O) groups is 2. The van der Waals surface area contributed by atoms with Crippen LogP contribution in [0.1, 0.15) is 50.3 Å². The highest BCUT2D eigenvalue weighted by molar-refractivity contribution is 6.22. The highest BCUT2D eigenvalue weighted by Gasteiger charge is 2.56. The lowest BCUT2D eigenvalue weighted by Gasteiger charge is -2.48.